The number of amides is 2. The van der Waals surface area contributed by atoms with Crippen molar-refractivity contribution >= 4 is 40.1 Å². The highest BCUT2D eigenvalue weighted by Gasteiger charge is 2.51. The van der Waals surface area contributed by atoms with Gasteiger partial charge < -0.3 is 15.3 Å². The van der Waals surface area contributed by atoms with Gasteiger partial charge in [0.05, 0.1) is 17.3 Å². The number of nitrogens with one attached hydrogen (secondary N) is 1. The van der Waals surface area contributed by atoms with Crippen molar-refractivity contribution in [3.05, 3.63) is 53.3 Å². The molecule has 2 amide bonds. The Hall–Kier alpha value is -2.97. The summed E-state index contributed by atoms with van der Waals surface area (Å²) in [6.45, 7) is 1.67. The van der Waals surface area contributed by atoms with Gasteiger partial charge in [-0.05, 0) is 50.3 Å². The topological polar surface area (TPSA) is 100 Å². The zero-order valence-electron chi connectivity index (χ0n) is 17.6. The molecule has 166 valence electrons. The third-order valence-corrected chi connectivity index (χ3v) is 6.69. The van der Waals surface area contributed by atoms with Gasteiger partial charge >= 0.3 is 0 Å². The van der Waals surface area contributed by atoms with Crippen LogP contribution < -0.4 is 5.32 Å². The average Bonchev–Trinajstić information content (AvgIpc) is 3.47. The van der Waals surface area contributed by atoms with E-state index in [1.165, 1.54) is 0 Å². The number of hydrogen-bond acceptors (Lipinski definition) is 5. The van der Waals surface area contributed by atoms with Gasteiger partial charge in [-0.25, -0.2) is 4.98 Å². The van der Waals surface area contributed by atoms with Gasteiger partial charge in [0.2, 0.25) is 11.8 Å². The smallest absolute Gasteiger partial charge is 0.248 e. The molecule has 2 N–H and O–H groups in total. The minimum Gasteiger partial charge on any atom is -0.387 e. The Morgan fingerprint density at radius 3 is 2.81 bits per heavy atom. The van der Waals surface area contributed by atoms with E-state index in [1.807, 2.05) is 24.3 Å². The van der Waals surface area contributed by atoms with Crippen molar-refractivity contribution < 1.29 is 14.7 Å². The second kappa shape index (κ2) is 8.18. The largest absolute Gasteiger partial charge is 0.387 e. The van der Waals surface area contributed by atoms with Crippen molar-refractivity contribution in [3.8, 4) is 0 Å². The number of carbonyl (C=O) groups excluding carboxylic acids is 2. The van der Waals surface area contributed by atoms with E-state index in [4.69, 9.17) is 11.6 Å². The predicted molar refractivity (Wildman–Crippen MR) is 120 cm³/mol. The van der Waals surface area contributed by atoms with Crippen molar-refractivity contribution in [2.45, 2.75) is 50.9 Å². The maximum atomic E-state index is 13.4. The van der Waals surface area contributed by atoms with Crippen LogP contribution in [0.3, 0.4) is 0 Å². The van der Waals surface area contributed by atoms with Crippen LogP contribution in [0, 0.1) is 5.92 Å². The predicted octanol–water partition coefficient (Wildman–Crippen LogP) is 3.16. The summed E-state index contributed by atoms with van der Waals surface area (Å²) >= 11 is 5.94. The fraction of sp³-hybridized carbons (Fsp3) is 0.391. The molecule has 9 heteroatoms. The van der Waals surface area contributed by atoms with Crippen molar-refractivity contribution in [2.24, 2.45) is 5.92 Å². The molecule has 2 aromatic heterocycles. The molecule has 2 bridgehead atoms. The third-order valence-electron chi connectivity index (χ3n) is 6.48. The van der Waals surface area contributed by atoms with Crippen LogP contribution in [-0.2, 0) is 16.1 Å². The number of para-hydroxylation sites is 1. The highest BCUT2D eigenvalue weighted by Crippen LogP contribution is 2.43. The number of hydrogen-bond donors (Lipinski definition) is 2. The average molecular weight is 454 g/mol. The number of pyridine rings is 1. The maximum absolute atomic E-state index is 13.4. The van der Waals surface area contributed by atoms with Gasteiger partial charge in [-0.1, -0.05) is 35.9 Å². The molecule has 3 heterocycles. The van der Waals surface area contributed by atoms with Crippen LogP contribution in [0.15, 0.2) is 42.5 Å². The molecule has 0 radical (unpaired) electrons. The van der Waals surface area contributed by atoms with Crippen molar-refractivity contribution in [1.82, 2.24) is 19.7 Å². The molecule has 1 saturated carbocycles. The number of rotatable bonds is 5. The molecule has 2 fully saturated rings. The van der Waals surface area contributed by atoms with Crippen LogP contribution in [0.2, 0.25) is 5.15 Å². The Morgan fingerprint density at radius 1 is 1.22 bits per heavy atom. The fourth-order valence-corrected chi connectivity index (χ4v) is 5.32. The number of aliphatic hydroxyl groups excluding tert-OH is 1. The van der Waals surface area contributed by atoms with Crippen molar-refractivity contribution in [1.29, 1.82) is 0 Å². The molecular formula is C23H24ClN5O3. The zero-order chi connectivity index (χ0) is 22.4. The molecule has 1 aliphatic heterocycles. The van der Waals surface area contributed by atoms with Crippen LogP contribution in [-0.4, -0.2) is 48.7 Å². The quantitative estimate of drug-likeness (QED) is 0.578. The molecule has 1 saturated heterocycles. The zero-order valence-corrected chi connectivity index (χ0v) is 18.4. The van der Waals surface area contributed by atoms with Gasteiger partial charge in [0.15, 0.2) is 0 Å². The number of likely N-dealkylation sites (tertiary alicyclic amines) is 1. The molecule has 1 unspecified atom stereocenters. The normalized spacial score (nSPS) is 23.0. The second-order valence-electron chi connectivity index (χ2n) is 8.54. The molecule has 4 atom stereocenters. The molecule has 8 nitrogen and oxygen atoms in total. The summed E-state index contributed by atoms with van der Waals surface area (Å²) in [7, 11) is 0. The molecule has 2 aliphatic rings. The Balaban J connectivity index is 1.40. The molecule has 3 aromatic rings. The van der Waals surface area contributed by atoms with Crippen LogP contribution in [0.5, 0.6) is 0 Å². The minimum absolute atomic E-state index is 0.00957. The molecular weight excluding hydrogens is 430 g/mol. The van der Waals surface area contributed by atoms with Gasteiger partial charge in [-0.2, -0.15) is 5.10 Å². The van der Waals surface area contributed by atoms with Crippen LogP contribution >= 0.6 is 11.6 Å². The highest BCUT2D eigenvalue weighted by molar-refractivity contribution is 6.29. The fourth-order valence-electron chi connectivity index (χ4n) is 5.15. The number of aliphatic hydroxyl groups is 1. The number of halogens is 1. The monoisotopic (exact) mass is 453 g/mol. The van der Waals surface area contributed by atoms with Gasteiger partial charge in [-0.3, -0.25) is 14.3 Å². The Labute approximate surface area is 190 Å². The first-order valence-electron chi connectivity index (χ1n) is 10.8. The van der Waals surface area contributed by atoms with E-state index in [9.17, 15) is 14.7 Å². The van der Waals surface area contributed by atoms with E-state index < -0.39 is 12.1 Å². The van der Waals surface area contributed by atoms with Crippen molar-refractivity contribution in [3.63, 3.8) is 0 Å². The molecule has 32 heavy (non-hydrogen) atoms. The first kappa shape index (κ1) is 20.9. The molecule has 5 rings (SSSR count). The van der Waals surface area contributed by atoms with Gasteiger partial charge in [0.1, 0.15) is 23.6 Å². The summed E-state index contributed by atoms with van der Waals surface area (Å²) in [5.41, 5.74) is 1.32. The number of carbonyl (C=O) groups is 2. The lowest BCUT2D eigenvalue weighted by Crippen LogP contribution is -2.52. The summed E-state index contributed by atoms with van der Waals surface area (Å²) in [5, 5.41) is 18.5. The molecule has 1 aromatic carbocycles. The van der Waals surface area contributed by atoms with Crippen LogP contribution in [0.1, 0.15) is 38.0 Å². The summed E-state index contributed by atoms with van der Waals surface area (Å²) < 4.78 is 1.62. The highest BCUT2D eigenvalue weighted by atomic mass is 35.5. The number of benzene rings is 1. The van der Waals surface area contributed by atoms with E-state index in [2.05, 4.69) is 15.4 Å². The standard InChI is InChI=1S/C23H24ClN5O3/c1-13(30)21-16-5-2-3-6-17(16)28(27-21)12-20(31)29-15-10-9-14(11-15)22(29)23(32)26-19-8-4-7-18(24)25-19/h2-8,13-15,22,30H,9-12H2,1H3,(H,25,26,32)/t13?,14-,15+,22-/m0/s1. The summed E-state index contributed by atoms with van der Waals surface area (Å²) in [4.78, 5) is 32.4. The Bertz CT molecular complexity index is 1190. The Morgan fingerprint density at radius 2 is 2.03 bits per heavy atom. The lowest BCUT2D eigenvalue weighted by molar-refractivity contribution is -0.141. The van der Waals surface area contributed by atoms with Gasteiger partial charge in [-0.15, -0.1) is 0 Å². The first-order chi connectivity index (χ1) is 15.4. The lowest BCUT2D eigenvalue weighted by Gasteiger charge is -2.34. The number of anilines is 1. The lowest BCUT2D eigenvalue weighted by atomic mass is 9.97. The van der Waals surface area contributed by atoms with Crippen LogP contribution in [0.4, 0.5) is 5.82 Å². The number of aromatic nitrogens is 3. The summed E-state index contributed by atoms with van der Waals surface area (Å²) in [6, 6.07) is 12.1. The van der Waals surface area contributed by atoms with Crippen LogP contribution in [0.25, 0.3) is 10.9 Å². The molecule has 0 spiro atoms. The Kier molecular flexibility index (Phi) is 5.35. The summed E-state index contributed by atoms with van der Waals surface area (Å²) in [6.07, 6.45) is 1.90. The minimum atomic E-state index is -0.747. The second-order valence-corrected chi connectivity index (χ2v) is 8.93. The number of piperidine rings is 1. The van der Waals surface area contributed by atoms with Gasteiger partial charge in [0, 0.05) is 11.4 Å². The van der Waals surface area contributed by atoms with E-state index >= 15 is 0 Å². The third kappa shape index (κ3) is 3.63. The maximum Gasteiger partial charge on any atom is 0.248 e. The van der Waals surface area contributed by atoms with E-state index in [-0.39, 0.29) is 30.3 Å². The first-order valence-corrected chi connectivity index (χ1v) is 11.2. The summed E-state index contributed by atoms with van der Waals surface area (Å²) in [5.74, 6) is 0.111. The van der Waals surface area contributed by atoms with E-state index in [0.717, 1.165) is 30.2 Å². The molecule has 1 aliphatic carbocycles. The number of nitrogens with zero attached hydrogens (tertiary/aromatic N) is 4. The van der Waals surface area contributed by atoms with Gasteiger partial charge in [0.25, 0.3) is 0 Å². The van der Waals surface area contributed by atoms with E-state index in [0.29, 0.717) is 16.7 Å². The van der Waals surface area contributed by atoms with Crippen molar-refractivity contribution in [2.75, 3.05) is 5.32 Å². The van der Waals surface area contributed by atoms with E-state index in [1.54, 1.807) is 34.7 Å². The SMILES string of the molecule is CC(O)c1nn(CC(=O)N2[C@@H]3CC[C@@H](C3)[C@H]2C(=O)Nc2cccc(Cl)n2)c2ccccc12. The number of fused-ring (bicyclic) bond motifs is 3.